The molecule has 1 aliphatic heterocycles. The second kappa shape index (κ2) is 14.4. The van der Waals surface area contributed by atoms with E-state index in [0.717, 1.165) is 54.1 Å². The van der Waals surface area contributed by atoms with Gasteiger partial charge in [-0.15, -0.1) is 0 Å². The number of nitrogens with one attached hydrogen (secondary N) is 3. The number of H-pyrrole nitrogens is 1. The van der Waals surface area contributed by atoms with Gasteiger partial charge in [-0.2, -0.15) is 5.10 Å². The monoisotopic (exact) mass is 577 g/mol. The Labute approximate surface area is 245 Å². The normalized spacial score (nSPS) is 18.1. The maximum atomic E-state index is 8.36. The highest BCUT2D eigenvalue weighted by Crippen LogP contribution is 2.45. The minimum atomic E-state index is -0.250. The summed E-state index contributed by atoms with van der Waals surface area (Å²) in [6.07, 6.45) is 9.37. The molecule has 9 nitrogen and oxygen atoms in total. The fourth-order valence-electron chi connectivity index (χ4n) is 5.46. The summed E-state index contributed by atoms with van der Waals surface area (Å²) in [4.78, 5) is 14.6. The highest BCUT2D eigenvalue weighted by Gasteiger charge is 2.37. The van der Waals surface area contributed by atoms with E-state index < -0.39 is 0 Å². The van der Waals surface area contributed by atoms with Crippen LogP contribution in [0.25, 0.3) is 10.9 Å². The van der Waals surface area contributed by atoms with Crippen LogP contribution in [-0.2, 0) is 20.7 Å². The molecule has 3 aromatic rings. The molecular weight excluding hydrogens is 542 g/mol. The number of aryl methyl sites for hydroxylation is 1. The third kappa shape index (κ3) is 7.10. The van der Waals surface area contributed by atoms with Crippen LogP contribution in [0.3, 0.4) is 0 Å². The van der Waals surface area contributed by atoms with Crippen molar-refractivity contribution in [3.05, 3.63) is 88.0 Å². The fraction of sp³-hybridized carbons (Fsp3) is 0.323. The third-order valence-electron chi connectivity index (χ3n) is 7.27. The van der Waals surface area contributed by atoms with E-state index in [1.807, 2.05) is 6.07 Å². The minimum absolute atomic E-state index is 0.117. The first-order valence-electron chi connectivity index (χ1n) is 13.5. The van der Waals surface area contributed by atoms with Gasteiger partial charge in [0, 0.05) is 65.4 Å². The second-order valence-corrected chi connectivity index (χ2v) is 10.2. The van der Waals surface area contributed by atoms with E-state index in [2.05, 4.69) is 75.9 Å². The lowest BCUT2D eigenvalue weighted by atomic mass is 9.83. The Balaban J connectivity index is 0.00000124. The first-order valence-corrected chi connectivity index (χ1v) is 13.9. The number of carboxylic acid groups (broad SMARTS) is 1. The Kier molecular flexibility index (Phi) is 10.5. The van der Waals surface area contributed by atoms with Crippen LogP contribution in [0.2, 0.25) is 5.02 Å². The van der Waals surface area contributed by atoms with Gasteiger partial charge in [-0.3, -0.25) is 4.79 Å². The lowest BCUT2D eigenvalue weighted by Gasteiger charge is -2.42. The lowest BCUT2D eigenvalue weighted by Crippen LogP contribution is -2.39. The number of hydrogen-bond acceptors (Lipinski definition) is 7. The van der Waals surface area contributed by atoms with Crippen molar-refractivity contribution in [3.63, 3.8) is 0 Å². The minimum Gasteiger partial charge on any atom is -0.497 e. The molecule has 0 saturated carbocycles. The number of anilines is 1. The van der Waals surface area contributed by atoms with Crippen LogP contribution < -0.4 is 10.3 Å². The van der Waals surface area contributed by atoms with Crippen molar-refractivity contribution >= 4 is 47.1 Å². The zero-order chi connectivity index (χ0) is 29.2. The molecule has 2 heterocycles. The van der Waals surface area contributed by atoms with Crippen LogP contribution in [0.4, 0.5) is 5.69 Å². The van der Waals surface area contributed by atoms with Gasteiger partial charge >= 0.3 is 0 Å². The van der Waals surface area contributed by atoms with Crippen molar-refractivity contribution in [2.45, 2.75) is 32.2 Å². The topological polar surface area (TPSA) is 123 Å². The highest BCUT2D eigenvalue weighted by molar-refractivity contribution is 6.31. The Bertz CT molecular complexity index is 1430. The van der Waals surface area contributed by atoms with Crippen molar-refractivity contribution in [2.75, 3.05) is 31.7 Å². The molecule has 2 atom stereocenters. The van der Waals surface area contributed by atoms with Crippen LogP contribution in [0.5, 0.6) is 0 Å². The van der Waals surface area contributed by atoms with E-state index in [0.29, 0.717) is 13.2 Å². The summed E-state index contributed by atoms with van der Waals surface area (Å²) in [7, 11) is 1.72. The Morgan fingerprint density at radius 1 is 1.27 bits per heavy atom. The van der Waals surface area contributed by atoms with Gasteiger partial charge in [-0.25, -0.2) is 0 Å². The van der Waals surface area contributed by atoms with Gasteiger partial charge in [0.25, 0.3) is 6.47 Å². The number of methoxy groups -OCH3 is 1. The molecule has 0 radical (unpaired) electrons. The summed E-state index contributed by atoms with van der Waals surface area (Å²) in [6.45, 7) is 4.02. The summed E-state index contributed by atoms with van der Waals surface area (Å²) in [5.74, 6) is 1.84. The Morgan fingerprint density at radius 3 is 2.78 bits per heavy atom. The van der Waals surface area contributed by atoms with E-state index in [4.69, 9.17) is 36.4 Å². The molecule has 0 amide bonds. The molecule has 0 saturated heterocycles. The number of aromatic nitrogens is 1. The van der Waals surface area contributed by atoms with E-state index in [9.17, 15) is 0 Å². The van der Waals surface area contributed by atoms with Crippen LogP contribution in [0.15, 0.2) is 71.2 Å². The van der Waals surface area contributed by atoms with Crippen molar-refractivity contribution in [3.8, 4) is 0 Å². The molecular formula is C31H36ClN5O4. The molecule has 0 fully saturated rings. The molecule has 41 heavy (non-hydrogen) atoms. The Morgan fingerprint density at radius 2 is 2.05 bits per heavy atom. The lowest BCUT2D eigenvalue weighted by molar-refractivity contribution is -0.122. The summed E-state index contributed by atoms with van der Waals surface area (Å²) >= 11 is 6.39. The summed E-state index contributed by atoms with van der Waals surface area (Å²) in [6, 6.07) is 15.0. The number of aromatic amines is 1. The van der Waals surface area contributed by atoms with Crippen molar-refractivity contribution in [2.24, 2.45) is 11.0 Å². The van der Waals surface area contributed by atoms with Crippen molar-refractivity contribution in [1.82, 2.24) is 10.4 Å². The van der Waals surface area contributed by atoms with Gasteiger partial charge < -0.3 is 35.3 Å². The smallest absolute Gasteiger partial charge is 0.290 e. The largest absolute Gasteiger partial charge is 0.497 e. The fourth-order valence-corrected chi connectivity index (χ4v) is 5.64. The molecule has 0 spiro atoms. The van der Waals surface area contributed by atoms with E-state index in [1.54, 1.807) is 7.11 Å². The molecule has 10 heteroatoms. The van der Waals surface area contributed by atoms with Gasteiger partial charge in [0.1, 0.15) is 5.76 Å². The van der Waals surface area contributed by atoms with Crippen LogP contribution >= 0.6 is 11.6 Å². The standard InChI is InChI=1S/C30H34ClN5O2.CH2O2/c1-20-4-8-23(9-5-20)36-16-12-24-25-19-22(31)7-10-26(25)35-29(24)30(36)21-6-11-27(28(18-21)37-2)38-17-3-14-33-34-15-13-32;2-1-3/h4-11,13,15,19,21,30,32-33,35H,3,12,14,16-18H2,1-2H3;1H,(H,2,3)/b32-13?,34-15-;. The summed E-state index contributed by atoms with van der Waals surface area (Å²) < 4.78 is 11.9. The van der Waals surface area contributed by atoms with E-state index in [1.165, 1.54) is 34.1 Å². The number of ether oxygens (including phenoxy) is 2. The Hall–Kier alpha value is -4.24. The first-order chi connectivity index (χ1) is 20.0. The number of rotatable bonds is 10. The molecule has 4 N–H and O–H groups in total. The predicted octanol–water partition coefficient (Wildman–Crippen LogP) is 6.00. The van der Waals surface area contributed by atoms with Gasteiger partial charge in [0.2, 0.25) is 0 Å². The number of allylic oxidation sites excluding steroid dienone is 2. The molecule has 1 aliphatic carbocycles. The van der Waals surface area contributed by atoms with Crippen molar-refractivity contribution < 1.29 is 19.4 Å². The number of carbonyl (C=O) groups is 1. The molecule has 5 rings (SSSR count). The van der Waals surface area contributed by atoms with E-state index >= 15 is 0 Å². The average molecular weight is 578 g/mol. The SMILES string of the molecule is COC1=C(OCCCN/N=C\C=N)C=CC(C2c3[nH]c4ccc(Cl)cc4c3CCN2c2ccc(C)cc2)C1.O=CO. The van der Waals surface area contributed by atoms with Gasteiger partial charge in [-0.1, -0.05) is 35.4 Å². The van der Waals surface area contributed by atoms with Crippen LogP contribution in [-0.4, -0.2) is 55.8 Å². The number of hydrogen-bond donors (Lipinski definition) is 4. The van der Waals surface area contributed by atoms with Crippen molar-refractivity contribution in [1.29, 1.82) is 5.41 Å². The molecule has 2 aromatic carbocycles. The number of hydrazone groups is 1. The molecule has 2 aliphatic rings. The number of benzene rings is 2. The highest BCUT2D eigenvalue weighted by atomic mass is 35.5. The maximum absolute atomic E-state index is 8.36. The molecule has 2 unspecified atom stereocenters. The quantitative estimate of drug-likeness (QED) is 0.101. The zero-order valence-corrected chi connectivity index (χ0v) is 24.0. The average Bonchev–Trinajstić information content (AvgIpc) is 3.35. The molecule has 0 bridgehead atoms. The van der Waals surface area contributed by atoms with Gasteiger partial charge in [0.15, 0.2) is 5.76 Å². The summed E-state index contributed by atoms with van der Waals surface area (Å²) in [5.41, 5.74) is 9.11. The zero-order valence-electron chi connectivity index (χ0n) is 23.3. The number of fused-ring (bicyclic) bond motifs is 3. The van der Waals surface area contributed by atoms with Gasteiger partial charge in [0.05, 0.1) is 26.0 Å². The number of nitrogens with zero attached hydrogens (tertiary/aromatic N) is 2. The number of halogens is 1. The van der Waals surface area contributed by atoms with Crippen LogP contribution in [0.1, 0.15) is 35.7 Å². The maximum Gasteiger partial charge on any atom is 0.290 e. The third-order valence-corrected chi connectivity index (χ3v) is 7.51. The van der Waals surface area contributed by atoms with E-state index in [-0.39, 0.29) is 18.4 Å². The molecule has 1 aromatic heterocycles. The first kappa shape index (κ1) is 29.7. The van der Waals surface area contributed by atoms with Crippen LogP contribution in [0, 0.1) is 18.3 Å². The van der Waals surface area contributed by atoms with Gasteiger partial charge in [-0.05, 0) is 55.3 Å². The second-order valence-electron chi connectivity index (χ2n) is 9.81. The summed E-state index contributed by atoms with van der Waals surface area (Å²) in [5, 5.41) is 19.7. The predicted molar refractivity (Wildman–Crippen MR) is 164 cm³/mol. The molecule has 216 valence electrons.